The molecule has 39 heavy (non-hydrogen) atoms. The van der Waals surface area contributed by atoms with E-state index in [2.05, 4.69) is 28.6 Å². The number of nitrogens with two attached hydrogens (primary N) is 1. The number of phenols is 2. The molecular weight excluding hydrogens is 532 g/mol. The van der Waals surface area contributed by atoms with Crippen molar-refractivity contribution in [2.45, 2.75) is 43.4 Å². The largest absolute Gasteiger partial charge is 0.508 e. The van der Waals surface area contributed by atoms with Crippen molar-refractivity contribution in [2.75, 3.05) is 5.75 Å². The van der Waals surface area contributed by atoms with Gasteiger partial charge in [-0.05, 0) is 35.4 Å². The van der Waals surface area contributed by atoms with Crippen LogP contribution in [0.25, 0.3) is 0 Å². The quantitative estimate of drug-likeness (QED) is 0.130. The van der Waals surface area contributed by atoms with E-state index in [1.165, 1.54) is 48.5 Å². The molecule has 0 spiro atoms. The maximum absolute atomic E-state index is 13.4. The van der Waals surface area contributed by atoms with Gasteiger partial charge in [0.05, 0.1) is 12.5 Å². The monoisotopic (exact) mass is 562 g/mol. The molecule has 0 saturated carbocycles. The maximum Gasteiger partial charge on any atom is 0.327 e. The number of benzene rings is 2. The van der Waals surface area contributed by atoms with Crippen molar-refractivity contribution in [1.29, 1.82) is 0 Å². The Morgan fingerprint density at radius 1 is 0.692 bits per heavy atom. The van der Waals surface area contributed by atoms with Crippen molar-refractivity contribution < 1.29 is 44.4 Å². The minimum atomic E-state index is -1.46. The second-order valence-electron chi connectivity index (χ2n) is 8.65. The molecule has 4 atom stereocenters. The molecule has 0 aliphatic carbocycles. The third-order valence-corrected chi connectivity index (χ3v) is 5.91. The summed E-state index contributed by atoms with van der Waals surface area (Å²) in [7, 11) is 0. The number of amides is 3. The first-order valence-corrected chi connectivity index (χ1v) is 12.3. The number of aliphatic carboxylic acids is 2. The predicted octanol–water partition coefficient (Wildman–Crippen LogP) is -0.846. The SMILES string of the molecule is NC(CC(=O)O)C(=O)NC(Cc1ccc(O)cc1)C(=O)NC(Cc1ccc(O)cc1)C(=O)NC(CS)C(=O)O. The molecule has 0 radical (unpaired) electrons. The van der Waals surface area contributed by atoms with Gasteiger partial charge in [0, 0.05) is 18.6 Å². The summed E-state index contributed by atoms with van der Waals surface area (Å²) in [5.41, 5.74) is 6.67. The van der Waals surface area contributed by atoms with E-state index in [9.17, 15) is 39.3 Å². The average Bonchev–Trinajstić information content (AvgIpc) is 2.88. The lowest BCUT2D eigenvalue weighted by molar-refractivity contribution is -0.141. The van der Waals surface area contributed by atoms with E-state index in [0.717, 1.165) is 0 Å². The van der Waals surface area contributed by atoms with Gasteiger partial charge >= 0.3 is 11.9 Å². The lowest BCUT2D eigenvalue weighted by Gasteiger charge is -2.25. The molecule has 2 aromatic carbocycles. The average molecular weight is 563 g/mol. The van der Waals surface area contributed by atoms with Gasteiger partial charge in [0.2, 0.25) is 17.7 Å². The van der Waals surface area contributed by atoms with Crippen LogP contribution in [0.15, 0.2) is 48.5 Å². The number of rotatable bonds is 14. The van der Waals surface area contributed by atoms with E-state index in [4.69, 9.17) is 10.8 Å². The zero-order valence-corrected chi connectivity index (χ0v) is 21.5. The van der Waals surface area contributed by atoms with Crippen molar-refractivity contribution in [2.24, 2.45) is 5.73 Å². The van der Waals surface area contributed by atoms with Gasteiger partial charge in [-0.1, -0.05) is 24.3 Å². The summed E-state index contributed by atoms with van der Waals surface area (Å²) in [6.45, 7) is 0. The molecular formula is C25H30N4O9S. The standard InChI is InChI=1S/C25H30N4O9S/c26-17(11-21(32)33)22(34)27-18(9-13-1-5-15(30)6-2-13)23(35)28-19(10-14-3-7-16(31)8-4-14)24(36)29-20(12-39)25(37)38/h1-8,17-20,30-31,39H,9-12,26H2,(H,27,34)(H,28,35)(H,29,36)(H,32,33)(H,37,38). The van der Waals surface area contributed by atoms with Gasteiger partial charge in [0.25, 0.3) is 0 Å². The van der Waals surface area contributed by atoms with E-state index in [-0.39, 0.29) is 30.1 Å². The van der Waals surface area contributed by atoms with Gasteiger partial charge in [0.15, 0.2) is 0 Å². The first kappa shape index (κ1) is 30.9. The summed E-state index contributed by atoms with van der Waals surface area (Å²) in [4.78, 5) is 61.3. The molecule has 0 heterocycles. The Bertz CT molecular complexity index is 1180. The summed E-state index contributed by atoms with van der Waals surface area (Å²) < 4.78 is 0. The van der Waals surface area contributed by atoms with Crippen molar-refractivity contribution in [3.8, 4) is 11.5 Å². The maximum atomic E-state index is 13.4. The minimum Gasteiger partial charge on any atom is -0.508 e. The molecule has 0 aliphatic heterocycles. The molecule has 13 nitrogen and oxygen atoms in total. The van der Waals surface area contributed by atoms with Crippen LogP contribution in [0.2, 0.25) is 0 Å². The van der Waals surface area contributed by atoms with Crippen LogP contribution in [0.3, 0.4) is 0 Å². The molecule has 0 saturated heterocycles. The highest BCUT2D eigenvalue weighted by molar-refractivity contribution is 7.80. The van der Waals surface area contributed by atoms with Gasteiger partial charge in [0.1, 0.15) is 29.6 Å². The molecule has 3 amide bonds. The Kier molecular flexibility index (Phi) is 11.6. The molecule has 0 aromatic heterocycles. The second-order valence-corrected chi connectivity index (χ2v) is 9.01. The normalized spacial score (nSPS) is 13.8. The highest BCUT2D eigenvalue weighted by Gasteiger charge is 2.31. The minimum absolute atomic E-state index is 0.0285. The molecule has 4 unspecified atom stereocenters. The summed E-state index contributed by atoms with van der Waals surface area (Å²) in [5.74, 6) is -5.53. The summed E-state index contributed by atoms with van der Waals surface area (Å²) >= 11 is 3.92. The fourth-order valence-corrected chi connectivity index (χ4v) is 3.69. The molecule has 2 rings (SSSR count). The summed E-state index contributed by atoms with van der Waals surface area (Å²) in [6.07, 6.45) is -0.902. The van der Waals surface area contributed by atoms with Crippen LogP contribution >= 0.6 is 12.6 Å². The highest BCUT2D eigenvalue weighted by atomic mass is 32.1. The molecule has 0 aliphatic rings. The lowest BCUT2D eigenvalue weighted by atomic mass is 10.0. The van der Waals surface area contributed by atoms with Gasteiger partial charge in [-0.2, -0.15) is 12.6 Å². The first-order chi connectivity index (χ1) is 18.4. The van der Waals surface area contributed by atoms with Gasteiger partial charge < -0.3 is 42.1 Å². The second kappa shape index (κ2) is 14.6. The predicted molar refractivity (Wildman–Crippen MR) is 141 cm³/mol. The number of phenolic OH excluding ortho intramolecular Hbond substituents is 2. The number of nitrogens with one attached hydrogen (secondary N) is 3. The number of hydrogen-bond donors (Lipinski definition) is 9. The number of hydrogen-bond acceptors (Lipinski definition) is 9. The Morgan fingerprint density at radius 3 is 1.44 bits per heavy atom. The zero-order chi connectivity index (χ0) is 29.1. The lowest BCUT2D eigenvalue weighted by Crippen LogP contribution is -2.58. The zero-order valence-electron chi connectivity index (χ0n) is 20.6. The van der Waals surface area contributed by atoms with Gasteiger partial charge in [-0.25, -0.2) is 4.79 Å². The summed E-state index contributed by atoms with van der Waals surface area (Å²) in [5, 5.41) is 44.5. The number of thiol groups is 1. The molecule has 9 N–H and O–H groups in total. The number of carbonyl (C=O) groups excluding carboxylic acids is 3. The van der Waals surface area contributed by atoms with E-state index in [1.54, 1.807) is 0 Å². The van der Waals surface area contributed by atoms with E-state index < -0.39 is 60.2 Å². The third-order valence-electron chi connectivity index (χ3n) is 5.55. The smallest absolute Gasteiger partial charge is 0.327 e. The van der Waals surface area contributed by atoms with E-state index >= 15 is 0 Å². The topological polar surface area (TPSA) is 228 Å². The highest BCUT2D eigenvalue weighted by Crippen LogP contribution is 2.14. The van der Waals surface area contributed by atoms with Gasteiger partial charge in [-0.3, -0.25) is 19.2 Å². The van der Waals surface area contributed by atoms with Crippen molar-refractivity contribution in [1.82, 2.24) is 16.0 Å². The van der Waals surface area contributed by atoms with Crippen molar-refractivity contribution in [3.63, 3.8) is 0 Å². The van der Waals surface area contributed by atoms with Crippen LogP contribution in [0.4, 0.5) is 0 Å². The number of carbonyl (C=O) groups is 5. The Labute approximate surface area is 228 Å². The van der Waals surface area contributed by atoms with Crippen LogP contribution in [0.5, 0.6) is 11.5 Å². The van der Waals surface area contributed by atoms with Crippen LogP contribution in [-0.4, -0.2) is 80.0 Å². The van der Waals surface area contributed by atoms with Crippen molar-refractivity contribution in [3.05, 3.63) is 59.7 Å². The third kappa shape index (κ3) is 10.2. The Morgan fingerprint density at radius 2 is 1.08 bits per heavy atom. The Hall–Kier alpha value is -4.30. The molecule has 2 aromatic rings. The fourth-order valence-electron chi connectivity index (χ4n) is 3.44. The van der Waals surface area contributed by atoms with Gasteiger partial charge in [-0.15, -0.1) is 0 Å². The van der Waals surface area contributed by atoms with Crippen LogP contribution in [0, 0.1) is 0 Å². The molecule has 0 bridgehead atoms. The first-order valence-electron chi connectivity index (χ1n) is 11.7. The van der Waals surface area contributed by atoms with Crippen LogP contribution in [-0.2, 0) is 36.8 Å². The number of carboxylic acid groups (broad SMARTS) is 2. The van der Waals surface area contributed by atoms with Crippen LogP contribution < -0.4 is 21.7 Å². The molecule has 210 valence electrons. The number of carboxylic acids is 2. The molecule has 0 fully saturated rings. The number of aromatic hydroxyl groups is 2. The molecule has 14 heteroatoms. The Balaban J connectivity index is 2.32. The fraction of sp³-hybridized carbons (Fsp3) is 0.320. The van der Waals surface area contributed by atoms with Crippen LogP contribution in [0.1, 0.15) is 17.5 Å². The van der Waals surface area contributed by atoms with Crippen molar-refractivity contribution >= 4 is 42.3 Å². The van der Waals surface area contributed by atoms with E-state index in [0.29, 0.717) is 11.1 Å². The summed E-state index contributed by atoms with van der Waals surface area (Å²) in [6, 6.07) is 6.07. The van der Waals surface area contributed by atoms with E-state index in [1.807, 2.05) is 0 Å².